The number of para-hydroxylation sites is 1. The molecule has 2 heteroatoms. The predicted octanol–water partition coefficient (Wildman–Crippen LogP) is 3.45. The molecule has 0 atom stereocenters. The van der Waals surface area contributed by atoms with Crippen molar-refractivity contribution in [1.82, 2.24) is 0 Å². The van der Waals surface area contributed by atoms with Crippen LogP contribution in [0.1, 0.15) is 28.4 Å². The fraction of sp³-hybridized carbons (Fsp3) is 0.235. The van der Waals surface area contributed by atoms with Gasteiger partial charge in [-0.2, -0.15) is 0 Å². The molecular formula is C17H17NO. The SMILES string of the molecule is CC(=O)c1ccc2c(c1)CCN(c1ccccc1)C2. The number of carbonyl (C=O) groups excluding carboxylic acids is 1. The zero-order valence-corrected chi connectivity index (χ0v) is 11.1. The third-order valence-corrected chi connectivity index (χ3v) is 3.75. The maximum atomic E-state index is 11.4. The number of carbonyl (C=O) groups is 1. The van der Waals surface area contributed by atoms with Gasteiger partial charge in [0.25, 0.3) is 0 Å². The van der Waals surface area contributed by atoms with Crippen LogP contribution in [0.3, 0.4) is 0 Å². The summed E-state index contributed by atoms with van der Waals surface area (Å²) in [6.07, 6.45) is 1.01. The summed E-state index contributed by atoms with van der Waals surface area (Å²) >= 11 is 0. The van der Waals surface area contributed by atoms with Gasteiger partial charge in [0.1, 0.15) is 0 Å². The average Bonchev–Trinajstić information content (AvgIpc) is 2.47. The fourth-order valence-corrected chi connectivity index (χ4v) is 2.63. The molecule has 0 saturated heterocycles. The maximum absolute atomic E-state index is 11.4. The van der Waals surface area contributed by atoms with Crippen molar-refractivity contribution >= 4 is 11.5 Å². The summed E-state index contributed by atoms with van der Waals surface area (Å²) in [7, 11) is 0. The normalized spacial score (nSPS) is 14.1. The summed E-state index contributed by atoms with van der Waals surface area (Å²) < 4.78 is 0. The Hall–Kier alpha value is -2.09. The number of hydrogen-bond acceptors (Lipinski definition) is 2. The monoisotopic (exact) mass is 251 g/mol. The second-order valence-corrected chi connectivity index (χ2v) is 5.05. The van der Waals surface area contributed by atoms with Gasteiger partial charge in [-0.25, -0.2) is 0 Å². The van der Waals surface area contributed by atoms with Gasteiger partial charge in [0.05, 0.1) is 0 Å². The molecule has 0 aromatic heterocycles. The Morgan fingerprint density at radius 2 is 1.84 bits per heavy atom. The van der Waals surface area contributed by atoms with Crippen LogP contribution in [0.25, 0.3) is 0 Å². The van der Waals surface area contributed by atoms with Gasteiger partial charge in [-0.15, -0.1) is 0 Å². The van der Waals surface area contributed by atoms with E-state index in [1.807, 2.05) is 12.1 Å². The molecule has 0 spiro atoms. The van der Waals surface area contributed by atoms with Crippen molar-refractivity contribution in [3.8, 4) is 0 Å². The first kappa shape index (κ1) is 12.0. The van der Waals surface area contributed by atoms with E-state index < -0.39 is 0 Å². The number of hydrogen-bond donors (Lipinski definition) is 0. The number of nitrogens with zero attached hydrogens (tertiary/aromatic N) is 1. The first-order valence-corrected chi connectivity index (χ1v) is 6.67. The van der Waals surface area contributed by atoms with E-state index >= 15 is 0 Å². The van der Waals surface area contributed by atoms with E-state index in [0.29, 0.717) is 0 Å². The number of benzene rings is 2. The lowest BCUT2D eigenvalue weighted by molar-refractivity contribution is 0.101. The zero-order chi connectivity index (χ0) is 13.2. The average molecular weight is 251 g/mol. The molecule has 0 radical (unpaired) electrons. The van der Waals surface area contributed by atoms with Gasteiger partial charge in [-0.1, -0.05) is 30.3 Å². The highest BCUT2D eigenvalue weighted by molar-refractivity contribution is 5.94. The third kappa shape index (κ3) is 2.39. The Morgan fingerprint density at radius 3 is 2.58 bits per heavy atom. The molecule has 2 aromatic rings. The van der Waals surface area contributed by atoms with Crippen LogP contribution in [-0.2, 0) is 13.0 Å². The lowest BCUT2D eigenvalue weighted by Crippen LogP contribution is -2.30. The minimum absolute atomic E-state index is 0.147. The van der Waals surface area contributed by atoms with E-state index in [1.54, 1.807) is 6.92 Å². The van der Waals surface area contributed by atoms with E-state index in [0.717, 1.165) is 25.1 Å². The number of ketones is 1. The van der Waals surface area contributed by atoms with Gasteiger partial charge in [0.2, 0.25) is 0 Å². The molecule has 0 bridgehead atoms. The molecule has 2 nitrogen and oxygen atoms in total. The molecule has 3 rings (SSSR count). The summed E-state index contributed by atoms with van der Waals surface area (Å²) in [6, 6.07) is 16.6. The van der Waals surface area contributed by atoms with Crippen LogP contribution < -0.4 is 4.90 Å². The quantitative estimate of drug-likeness (QED) is 0.762. The molecule has 0 amide bonds. The number of rotatable bonds is 2. The molecular weight excluding hydrogens is 234 g/mol. The molecule has 0 fully saturated rings. The van der Waals surface area contributed by atoms with E-state index in [2.05, 4.69) is 41.3 Å². The van der Waals surface area contributed by atoms with Crippen LogP contribution in [-0.4, -0.2) is 12.3 Å². The van der Waals surface area contributed by atoms with Crippen molar-refractivity contribution in [2.24, 2.45) is 0 Å². The molecule has 0 aliphatic carbocycles. The summed E-state index contributed by atoms with van der Waals surface area (Å²) in [5.74, 6) is 0.147. The molecule has 1 aliphatic rings. The second-order valence-electron chi connectivity index (χ2n) is 5.05. The Bertz CT molecular complexity index is 604. The number of anilines is 1. The van der Waals surface area contributed by atoms with Crippen molar-refractivity contribution in [3.63, 3.8) is 0 Å². The Balaban J connectivity index is 1.87. The molecule has 0 N–H and O–H groups in total. The van der Waals surface area contributed by atoms with Crippen LogP contribution in [0.5, 0.6) is 0 Å². The standard InChI is InChI=1S/C17H17NO/c1-13(19)14-7-8-16-12-18(10-9-15(16)11-14)17-5-3-2-4-6-17/h2-8,11H,9-10,12H2,1H3. The molecule has 0 unspecified atom stereocenters. The van der Waals surface area contributed by atoms with Crippen molar-refractivity contribution in [1.29, 1.82) is 0 Å². The zero-order valence-electron chi connectivity index (χ0n) is 11.1. The highest BCUT2D eigenvalue weighted by atomic mass is 16.1. The fourth-order valence-electron chi connectivity index (χ4n) is 2.63. The van der Waals surface area contributed by atoms with E-state index in [4.69, 9.17) is 0 Å². The maximum Gasteiger partial charge on any atom is 0.159 e. The van der Waals surface area contributed by atoms with E-state index in [1.165, 1.54) is 16.8 Å². The van der Waals surface area contributed by atoms with Gasteiger partial charge in [-0.3, -0.25) is 4.79 Å². The Morgan fingerprint density at radius 1 is 1.05 bits per heavy atom. The van der Waals surface area contributed by atoms with E-state index in [-0.39, 0.29) is 5.78 Å². The molecule has 19 heavy (non-hydrogen) atoms. The van der Waals surface area contributed by atoms with Crippen molar-refractivity contribution < 1.29 is 4.79 Å². The van der Waals surface area contributed by atoms with Crippen LogP contribution in [0.2, 0.25) is 0 Å². The van der Waals surface area contributed by atoms with Crippen LogP contribution in [0.15, 0.2) is 48.5 Å². The van der Waals surface area contributed by atoms with Crippen molar-refractivity contribution in [3.05, 3.63) is 65.2 Å². The van der Waals surface area contributed by atoms with Crippen molar-refractivity contribution in [2.75, 3.05) is 11.4 Å². The lowest BCUT2D eigenvalue weighted by Gasteiger charge is -2.31. The summed E-state index contributed by atoms with van der Waals surface area (Å²) in [5, 5.41) is 0. The smallest absolute Gasteiger partial charge is 0.159 e. The highest BCUT2D eigenvalue weighted by Gasteiger charge is 2.17. The van der Waals surface area contributed by atoms with Gasteiger partial charge < -0.3 is 4.90 Å². The van der Waals surface area contributed by atoms with Gasteiger partial charge in [-0.05, 0) is 42.7 Å². The van der Waals surface area contributed by atoms with Crippen LogP contribution in [0, 0.1) is 0 Å². The molecule has 1 heterocycles. The van der Waals surface area contributed by atoms with Gasteiger partial charge in [0, 0.05) is 24.3 Å². The molecule has 96 valence electrons. The van der Waals surface area contributed by atoms with Gasteiger partial charge in [0.15, 0.2) is 5.78 Å². The number of fused-ring (bicyclic) bond motifs is 1. The first-order chi connectivity index (χ1) is 9.24. The van der Waals surface area contributed by atoms with Crippen LogP contribution >= 0.6 is 0 Å². The van der Waals surface area contributed by atoms with Crippen LogP contribution in [0.4, 0.5) is 5.69 Å². The Kier molecular flexibility index (Phi) is 3.08. The largest absolute Gasteiger partial charge is 0.367 e. The topological polar surface area (TPSA) is 20.3 Å². The Labute approximate surface area is 113 Å². The predicted molar refractivity (Wildman–Crippen MR) is 77.6 cm³/mol. The highest BCUT2D eigenvalue weighted by Crippen LogP contribution is 2.25. The third-order valence-electron chi connectivity index (χ3n) is 3.75. The number of Topliss-reactive ketones (excluding diaryl/α,β-unsaturated/α-hetero) is 1. The molecule has 2 aromatic carbocycles. The summed E-state index contributed by atoms with van der Waals surface area (Å²) in [6.45, 7) is 3.57. The van der Waals surface area contributed by atoms with Crippen molar-refractivity contribution in [2.45, 2.75) is 19.9 Å². The lowest BCUT2D eigenvalue weighted by atomic mass is 9.96. The summed E-state index contributed by atoms with van der Waals surface area (Å²) in [5.41, 5.74) is 4.75. The second kappa shape index (κ2) is 4.88. The minimum atomic E-state index is 0.147. The van der Waals surface area contributed by atoms with E-state index in [9.17, 15) is 4.79 Å². The van der Waals surface area contributed by atoms with Gasteiger partial charge >= 0.3 is 0 Å². The minimum Gasteiger partial charge on any atom is -0.367 e. The molecule has 1 aliphatic heterocycles. The first-order valence-electron chi connectivity index (χ1n) is 6.67. The molecule has 0 saturated carbocycles. The summed E-state index contributed by atoms with van der Waals surface area (Å²) in [4.78, 5) is 13.8.